The number of tetrazole rings is 1. The van der Waals surface area contributed by atoms with Crippen molar-refractivity contribution in [2.75, 3.05) is 5.75 Å². The molecule has 0 spiro atoms. The highest BCUT2D eigenvalue weighted by atomic mass is 32.2. The number of rotatable bonds is 3. The Labute approximate surface area is 67.7 Å². The van der Waals surface area contributed by atoms with Gasteiger partial charge in [0.2, 0.25) is 5.16 Å². The summed E-state index contributed by atoms with van der Waals surface area (Å²) in [6.45, 7) is 0. The molecule has 6 nitrogen and oxygen atoms in total. The first-order valence-corrected chi connectivity index (χ1v) is 3.87. The van der Waals surface area contributed by atoms with E-state index < -0.39 is 0 Å². The van der Waals surface area contributed by atoms with Gasteiger partial charge in [0.25, 0.3) is 0 Å². The summed E-state index contributed by atoms with van der Waals surface area (Å²) in [5.41, 5.74) is 5.14. The number of hydrogen-bond donors (Lipinski definition) is 2. The lowest BCUT2D eigenvalue weighted by Gasteiger charge is -1.95. The van der Waals surface area contributed by atoms with E-state index in [1.807, 2.05) is 0 Å². The molecule has 0 amide bonds. The van der Waals surface area contributed by atoms with E-state index in [4.69, 9.17) is 11.1 Å². The van der Waals surface area contributed by atoms with Crippen LogP contribution in [0.25, 0.3) is 0 Å². The van der Waals surface area contributed by atoms with Crippen LogP contribution in [0.3, 0.4) is 0 Å². The van der Waals surface area contributed by atoms with Crippen molar-refractivity contribution in [1.82, 2.24) is 20.2 Å². The summed E-state index contributed by atoms with van der Waals surface area (Å²) in [6, 6.07) is 0. The molecule has 0 saturated carbocycles. The molecule has 0 aliphatic heterocycles. The monoisotopic (exact) mass is 172 g/mol. The number of nitrogens with zero attached hydrogens (tertiary/aromatic N) is 4. The van der Waals surface area contributed by atoms with Crippen LogP contribution < -0.4 is 5.73 Å². The lowest BCUT2D eigenvalue weighted by atomic mass is 10.7. The van der Waals surface area contributed by atoms with E-state index in [9.17, 15) is 0 Å². The van der Waals surface area contributed by atoms with Gasteiger partial charge in [0.05, 0.1) is 5.75 Å². The molecule has 1 aromatic heterocycles. The lowest BCUT2D eigenvalue weighted by Crippen LogP contribution is -2.12. The van der Waals surface area contributed by atoms with E-state index in [-0.39, 0.29) is 5.84 Å². The highest BCUT2D eigenvalue weighted by Gasteiger charge is 2.01. The van der Waals surface area contributed by atoms with Crippen molar-refractivity contribution < 1.29 is 0 Å². The molecule has 0 radical (unpaired) electrons. The van der Waals surface area contributed by atoms with E-state index in [2.05, 4.69) is 15.5 Å². The Morgan fingerprint density at radius 3 is 3.00 bits per heavy atom. The molecule has 0 bridgehead atoms. The van der Waals surface area contributed by atoms with Gasteiger partial charge in [-0.3, -0.25) is 5.41 Å². The minimum Gasteiger partial charge on any atom is -0.387 e. The van der Waals surface area contributed by atoms with Crippen LogP contribution in [-0.4, -0.2) is 31.8 Å². The van der Waals surface area contributed by atoms with Crippen molar-refractivity contribution in [1.29, 1.82) is 5.41 Å². The Balaban J connectivity index is 2.51. The maximum atomic E-state index is 6.95. The number of hydrogen-bond acceptors (Lipinski definition) is 5. The van der Waals surface area contributed by atoms with Crippen molar-refractivity contribution in [3.05, 3.63) is 0 Å². The van der Waals surface area contributed by atoms with Gasteiger partial charge in [-0.25, -0.2) is 4.68 Å². The average Bonchev–Trinajstić information content (AvgIpc) is 2.31. The summed E-state index contributed by atoms with van der Waals surface area (Å²) in [5.74, 6) is 0.548. The Morgan fingerprint density at radius 2 is 2.55 bits per heavy atom. The van der Waals surface area contributed by atoms with Crippen molar-refractivity contribution >= 4 is 17.6 Å². The molecule has 0 aliphatic carbocycles. The van der Waals surface area contributed by atoms with Crippen LogP contribution in [-0.2, 0) is 7.05 Å². The third-order valence-electron chi connectivity index (χ3n) is 0.938. The Bertz CT molecular complexity index is 255. The fourth-order valence-electron chi connectivity index (χ4n) is 0.486. The highest BCUT2D eigenvalue weighted by Crippen LogP contribution is 2.10. The number of nitrogens with one attached hydrogen (secondary N) is 1. The van der Waals surface area contributed by atoms with Crippen LogP contribution in [0, 0.1) is 5.41 Å². The molecule has 7 heteroatoms. The second kappa shape index (κ2) is 3.33. The quantitative estimate of drug-likeness (QED) is 0.355. The molecule has 0 unspecified atom stereocenters. The van der Waals surface area contributed by atoms with Gasteiger partial charge in [-0.1, -0.05) is 11.8 Å². The smallest absolute Gasteiger partial charge is 0.209 e. The van der Waals surface area contributed by atoms with Gasteiger partial charge in [0.15, 0.2) is 0 Å². The predicted octanol–water partition coefficient (Wildman–Crippen LogP) is -0.762. The highest BCUT2D eigenvalue weighted by molar-refractivity contribution is 7.99. The van der Waals surface area contributed by atoms with E-state index in [1.165, 1.54) is 16.4 Å². The second-order valence-corrected chi connectivity index (χ2v) is 2.84. The molecule has 0 fully saturated rings. The van der Waals surface area contributed by atoms with E-state index in [0.29, 0.717) is 10.9 Å². The summed E-state index contributed by atoms with van der Waals surface area (Å²) in [4.78, 5) is 0. The van der Waals surface area contributed by atoms with Crippen molar-refractivity contribution in [2.24, 2.45) is 12.8 Å². The first kappa shape index (κ1) is 7.99. The zero-order chi connectivity index (χ0) is 8.27. The summed E-state index contributed by atoms with van der Waals surface area (Å²) in [6.07, 6.45) is 0. The molecule has 60 valence electrons. The topological polar surface area (TPSA) is 93.5 Å². The molecule has 0 aromatic carbocycles. The number of nitrogens with two attached hydrogens (primary N) is 1. The fourth-order valence-corrected chi connectivity index (χ4v) is 1.09. The maximum Gasteiger partial charge on any atom is 0.209 e. The van der Waals surface area contributed by atoms with Gasteiger partial charge in [0, 0.05) is 7.05 Å². The zero-order valence-electron chi connectivity index (χ0n) is 5.98. The SMILES string of the molecule is Cn1nnnc1SCC(=N)N. The van der Waals surface area contributed by atoms with E-state index in [1.54, 1.807) is 7.05 Å². The van der Waals surface area contributed by atoms with Gasteiger partial charge in [-0.05, 0) is 10.4 Å². The van der Waals surface area contributed by atoms with Crippen LogP contribution in [0.4, 0.5) is 0 Å². The molecule has 1 rings (SSSR count). The molecule has 3 N–H and O–H groups in total. The van der Waals surface area contributed by atoms with Gasteiger partial charge < -0.3 is 5.73 Å². The van der Waals surface area contributed by atoms with Crippen LogP contribution in [0.2, 0.25) is 0 Å². The molecular weight excluding hydrogens is 164 g/mol. The minimum absolute atomic E-state index is 0.123. The first-order chi connectivity index (χ1) is 5.20. The second-order valence-electron chi connectivity index (χ2n) is 1.90. The average molecular weight is 172 g/mol. The third kappa shape index (κ3) is 2.19. The number of aryl methyl sites for hydroxylation is 1. The minimum atomic E-state index is 0.123. The number of thioether (sulfide) groups is 1. The van der Waals surface area contributed by atoms with Gasteiger partial charge in [-0.2, -0.15) is 0 Å². The zero-order valence-corrected chi connectivity index (χ0v) is 6.80. The van der Waals surface area contributed by atoms with Crippen LogP contribution >= 0.6 is 11.8 Å². The summed E-state index contributed by atoms with van der Waals surface area (Å²) >= 11 is 1.34. The largest absolute Gasteiger partial charge is 0.387 e. The van der Waals surface area contributed by atoms with E-state index >= 15 is 0 Å². The van der Waals surface area contributed by atoms with Crippen molar-refractivity contribution in [2.45, 2.75) is 5.16 Å². The van der Waals surface area contributed by atoms with Gasteiger partial charge >= 0.3 is 0 Å². The maximum absolute atomic E-state index is 6.95. The molecule has 0 saturated heterocycles. The molecular formula is C4H8N6S. The van der Waals surface area contributed by atoms with Gasteiger partial charge in [0.1, 0.15) is 5.84 Å². The Kier molecular flexibility index (Phi) is 2.42. The Morgan fingerprint density at radius 1 is 1.82 bits per heavy atom. The predicted molar refractivity (Wildman–Crippen MR) is 41.4 cm³/mol. The lowest BCUT2D eigenvalue weighted by molar-refractivity contribution is 0.665. The molecule has 1 heterocycles. The van der Waals surface area contributed by atoms with Gasteiger partial charge in [-0.15, -0.1) is 5.10 Å². The van der Waals surface area contributed by atoms with Crippen LogP contribution in [0.1, 0.15) is 0 Å². The molecule has 0 aliphatic rings. The normalized spacial score (nSPS) is 9.91. The van der Waals surface area contributed by atoms with E-state index in [0.717, 1.165) is 0 Å². The van der Waals surface area contributed by atoms with Crippen LogP contribution in [0.15, 0.2) is 5.16 Å². The standard InChI is InChI=1S/C4H8N6S/c1-10-4(7-8-9-10)11-2-3(5)6/h2H2,1H3,(H3,5,6). The first-order valence-electron chi connectivity index (χ1n) is 2.88. The summed E-state index contributed by atoms with van der Waals surface area (Å²) < 4.78 is 1.54. The summed E-state index contributed by atoms with van der Waals surface area (Å²) in [5, 5.41) is 18.4. The van der Waals surface area contributed by atoms with Crippen molar-refractivity contribution in [3.63, 3.8) is 0 Å². The Hall–Kier alpha value is -1.11. The summed E-state index contributed by atoms with van der Waals surface area (Å²) in [7, 11) is 1.74. The fraction of sp³-hybridized carbons (Fsp3) is 0.500. The third-order valence-corrected chi connectivity index (χ3v) is 2.00. The number of amidine groups is 1. The molecule has 1 aromatic rings. The molecule has 11 heavy (non-hydrogen) atoms. The molecule has 0 atom stereocenters. The van der Waals surface area contributed by atoms with Crippen LogP contribution in [0.5, 0.6) is 0 Å². The number of aromatic nitrogens is 4. The van der Waals surface area contributed by atoms with Crippen molar-refractivity contribution in [3.8, 4) is 0 Å².